The lowest BCUT2D eigenvalue weighted by Crippen LogP contribution is -2.36. The summed E-state index contributed by atoms with van der Waals surface area (Å²) in [6.45, 7) is 31.2. The van der Waals surface area contributed by atoms with Crippen molar-refractivity contribution >= 4 is 42.0 Å². The van der Waals surface area contributed by atoms with Crippen LogP contribution in [0.5, 0.6) is 23.0 Å². The number of ether oxygens (including phenoxy) is 3. The van der Waals surface area contributed by atoms with E-state index in [-0.39, 0.29) is 25.0 Å². The van der Waals surface area contributed by atoms with Gasteiger partial charge in [-0.15, -0.1) is 0 Å². The summed E-state index contributed by atoms with van der Waals surface area (Å²) in [6.07, 6.45) is 13.0. The predicted molar refractivity (Wildman–Crippen MR) is 338 cm³/mol. The number of hydrogen-bond acceptors (Lipinski definition) is 10. The third kappa shape index (κ3) is 25.1. The third-order valence-electron chi connectivity index (χ3n) is 14.8. The van der Waals surface area contributed by atoms with Crippen LogP contribution in [0.25, 0.3) is 0 Å². The van der Waals surface area contributed by atoms with Gasteiger partial charge in [0.1, 0.15) is 23.0 Å². The molecule has 0 amide bonds. The molecule has 440 valence electrons. The van der Waals surface area contributed by atoms with E-state index in [1.807, 2.05) is 39.0 Å². The first-order valence-corrected chi connectivity index (χ1v) is 34.3. The van der Waals surface area contributed by atoms with Crippen LogP contribution in [0.1, 0.15) is 162 Å². The Bertz CT molecular complexity index is 2440. The van der Waals surface area contributed by atoms with Gasteiger partial charge < -0.3 is 38.2 Å². The second-order valence-electron chi connectivity index (χ2n) is 24.3. The van der Waals surface area contributed by atoms with Crippen LogP contribution in [0.3, 0.4) is 0 Å². The first-order chi connectivity index (χ1) is 36.4. The van der Waals surface area contributed by atoms with Gasteiger partial charge in [0.15, 0.2) is 0 Å². The minimum Gasteiger partial charge on any atom is -0.508 e. The predicted octanol–water partition coefficient (Wildman–Crippen LogP) is 18.2. The Morgan fingerprint density at radius 1 is 0.615 bits per heavy atom. The van der Waals surface area contributed by atoms with Crippen molar-refractivity contribution in [3.63, 3.8) is 0 Å². The Labute approximate surface area is 483 Å². The number of hydrogen-bond donors (Lipinski definition) is 1. The van der Waals surface area contributed by atoms with Gasteiger partial charge in [0.25, 0.3) is 0 Å². The monoisotopic (exact) mass is 1180 g/mol. The highest BCUT2D eigenvalue weighted by atomic mass is 79.9. The van der Waals surface area contributed by atoms with Crippen LogP contribution in [0.15, 0.2) is 84.9 Å². The maximum atomic E-state index is 12.6. The molecule has 2 aliphatic rings. The summed E-state index contributed by atoms with van der Waals surface area (Å²) in [7, 11) is -1.58. The average Bonchev–Trinajstić information content (AvgIpc) is 3.38. The average molecular weight is 1180 g/mol. The number of alkyl halides is 1. The highest BCUT2D eigenvalue weighted by Crippen LogP contribution is 2.47. The third-order valence-corrected chi connectivity index (χ3v) is 19.8. The lowest BCUT2D eigenvalue weighted by molar-refractivity contribution is 0.222. The fraction of sp³-hybridized carbons (Fsp3) is 0.631. The van der Waals surface area contributed by atoms with Crippen molar-refractivity contribution < 1.29 is 37.5 Å². The Kier molecular flexibility index (Phi) is 29.5. The van der Waals surface area contributed by atoms with Crippen molar-refractivity contribution in [3.8, 4) is 23.0 Å². The number of phenolic OH excluding ortho intramolecular Hbond substituents is 1. The highest BCUT2D eigenvalue weighted by Gasteiger charge is 2.26. The standard InChI is InChI=1S/C32H50NO4P.C20H32BrNO.C12H19O3P.CH4/c1-8-37-38(7,34)24-25(2)28-11-9-13-30(21-28)36-23-26-16-19-33(20-17-26)31-22-29(35-6)15-14-27(31)12-10-18-32(3,4)5;1-20(2,3)11-5-6-17-7-8-18(23-4)14-19(17)22-12-9-16(15-21)10-13-22;1-4-15-16(3,14)9-10(2)11-6-5-7-12(13)8-11;/h9,11,13-15,21-22,25-26H,8,10,12,16-20,23-24H2,1-7H3;7-8,14,16H,5-6,9-13,15H2,1-4H3;5-8,10,13H,4,9H2,1-3H3;1H4/t25-,38?;;10-,16?;/m1.1./s1. The lowest BCUT2D eigenvalue weighted by atomic mass is 9.88. The Morgan fingerprint density at radius 3 is 1.44 bits per heavy atom. The highest BCUT2D eigenvalue weighted by molar-refractivity contribution is 9.09. The minimum atomic E-state index is -2.57. The second-order valence-corrected chi connectivity index (χ2v) is 30.3. The molecule has 2 fully saturated rings. The number of methoxy groups -OCH3 is 2. The van der Waals surface area contributed by atoms with Crippen molar-refractivity contribution in [2.24, 2.45) is 22.7 Å². The van der Waals surface area contributed by atoms with Crippen molar-refractivity contribution in [1.82, 2.24) is 0 Å². The molecule has 2 heterocycles. The molecule has 0 radical (unpaired) electrons. The molecule has 0 spiro atoms. The molecule has 2 unspecified atom stereocenters. The molecule has 13 heteroatoms. The Morgan fingerprint density at radius 2 is 1.04 bits per heavy atom. The number of aryl methyl sites for hydroxylation is 2. The van der Waals surface area contributed by atoms with Crippen molar-refractivity contribution in [1.29, 1.82) is 0 Å². The van der Waals surface area contributed by atoms with E-state index in [2.05, 4.69) is 123 Å². The van der Waals surface area contributed by atoms with E-state index in [4.69, 9.17) is 23.3 Å². The molecule has 10 nitrogen and oxygen atoms in total. The second kappa shape index (κ2) is 33.5. The summed E-state index contributed by atoms with van der Waals surface area (Å²) < 4.78 is 52.6. The quantitative estimate of drug-likeness (QED) is 0.0538. The molecule has 4 aromatic rings. The van der Waals surface area contributed by atoms with Gasteiger partial charge in [-0.25, -0.2) is 0 Å². The van der Waals surface area contributed by atoms with Gasteiger partial charge in [-0.3, -0.25) is 9.13 Å². The Balaban J connectivity index is 0.000000339. The van der Waals surface area contributed by atoms with Crippen molar-refractivity contribution in [3.05, 3.63) is 107 Å². The summed E-state index contributed by atoms with van der Waals surface area (Å²) in [5.41, 5.74) is 8.55. The first kappa shape index (κ1) is 68.8. The molecule has 0 aliphatic carbocycles. The van der Waals surface area contributed by atoms with Gasteiger partial charge >= 0.3 is 0 Å². The summed E-state index contributed by atoms with van der Waals surface area (Å²) in [5.74, 6) is 4.69. The number of aromatic hydroxyl groups is 1. The number of halogens is 1. The fourth-order valence-corrected chi connectivity index (χ4v) is 14.8. The van der Waals surface area contributed by atoms with E-state index in [0.717, 1.165) is 98.1 Å². The molecule has 78 heavy (non-hydrogen) atoms. The van der Waals surface area contributed by atoms with Gasteiger partial charge in [-0.2, -0.15) is 0 Å². The van der Waals surface area contributed by atoms with E-state index < -0.39 is 14.7 Å². The molecule has 6 rings (SSSR count). The maximum absolute atomic E-state index is 12.6. The number of piperidine rings is 2. The van der Waals surface area contributed by atoms with Crippen molar-refractivity contribution in [2.75, 3.05) is 101 Å². The number of benzene rings is 4. The zero-order valence-electron chi connectivity index (χ0n) is 50.0. The van der Waals surface area contributed by atoms with Crippen molar-refractivity contribution in [2.45, 2.75) is 153 Å². The molecule has 0 bridgehead atoms. The molecule has 4 atom stereocenters. The van der Waals surface area contributed by atoms with E-state index in [9.17, 15) is 14.2 Å². The lowest BCUT2D eigenvalue weighted by Gasteiger charge is -2.35. The first-order valence-electron chi connectivity index (χ1n) is 28.7. The smallest absolute Gasteiger partial charge is 0.200 e. The topological polar surface area (TPSA) is 107 Å². The molecular formula is C65H105BrN2O8P2. The largest absolute Gasteiger partial charge is 0.508 e. The van der Waals surface area contributed by atoms with Crippen LogP contribution in [0, 0.1) is 22.7 Å². The fourth-order valence-electron chi connectivity index (χ4n) is 10.5. The van der Waals surface area contributed by atoms with Crippen LogP contribution < -0.4 is 24.0 Å². The molecular weight excluding hydrogens is 1080 g/mol. The summed E-state index contributed by atoms with van der Waals surface area (Å²) in [4.78, 5) is 5.10. The number of phenols is 1. The van der Waals surface area contributed by atoms with E-state index >= 15 is 0 Å². The molecule has 2 aliphatic heterocycles. The normalized spacial score (nSPS) is 16.7. The summed E-state index contributed by atoms with van der Waals surface area (Å²) in [6, 6.07) is 28.5. The van der Waals surface area contributed by atoms with E-state index in [1.54, 1.807) is 45.7 Å². The maximum Gasteiger partial charge on any atom is 0.200 e. The van der Waals surface area contributed by atoms with Crippen LogP contribution in [0.4, 0.5) is 11.4 Å². The van der Waals surface area contributed by atoms with Crippen LogP contribution in [-0.4, -0.2) is 96.3 Å². The van der Waals surface area contributed by atoms with Crippen LogP contribution in [0.2, 0.25) is 0 Å². The molecule has 4 aromatic carbocycles. The minimum absolute atomic E-state index is 0. The SMILES string of the molecule is C.CCOP(C)(=O)C[C@@H](C)c1cccc(O)c1.CCOP(C)(=O)C[C@@H](C)c1cccc(OCC2CCN(c3cc(OC)ccc3CCCC(C)(C)C)CC2)c1.COc1ccc(CCCC(C)(C)C)c(N2CCC(CBr)CC2)c1. The number of rotatable bonds is 24. The van der Waals surface area contributed by atoms with Gasteiger partial charge in [-0.1, -0.05) is 115 Å². The van der Waals surface area contributed by atoms with Gasteiger partial charge in [0, 0.05) is 80.7 Å². The van der Waals surface area contributed by atoms with E-state index in [0.29, 0.717) is 42.3 Å². The molecule has 1 N–H and O–H groups in total. The molecule has 2 saturated heterocycles. The van der Waals surface area contributed by atoms with Gasteiger partial charge in [0.05, 0.1) is 34.0 Å². The van der Waals surface area contributed by atoms with Gasteiger partial charge in [-0.05, 0) is 171 Å². The van der Waals surface area contributed by atoms with Crippen LogP contribution >= 0.6 is 30.7 Å². The number of anilines is 2. The molecule has 0 aromatic heterocycles. The zero-order chi connectivity index (χ0) is 56.8. The van der Waals surface area contributed by atoms with Crippen LogP contribution in [-0.2, 0) is 31.0 Å². The van der Waals surface area contributed by atoms with Gasteiger partial charge in [0.2, 0.25) is 14.7 Å². The number of nitrogens with zero attached hydrogens (tertiary/aromatic N) is 2. The summed E-state index contributed by atoms with van der Waals surface area (Å²) >= 11 is 3.64. The summed E-state index contributed by atoms with van der Waals surface area (Å²) in [5, 5.41) is 10.5. The zero-order valence-corrected chi connectivity index (χ0v) is 53.4. The Hall–Kier alpha value is -3.46. The molecule has 0 saturated carbocycles. The van der Waals surface area contributed by atoms with E-state index in [1.165, 1.54) is 61.0 Å².